The minimum atomic E-state index is -3.88. The molecule has 0 bridgehead atoms. The van der Waals surface area contributed by atoms with Crippen LogP contribution in [0.2, 0.25) is 0 Å². The van der Waals surface area contributed by atoms with Crippen molar-refractivity contribution in [1.29, 1.82) is 0 Å². The molecule has 160 valence electrons. The summed E-state index contributed by atoms with van der Waals surface area (Å²) in [7, 11) is -2.31. The lowest BCUT2D eigenvalue weighted by molar-refractivity contribution is 0.527. The van der Waals surface area contributed by atoms with E-state index in [1.165, 1.54) is 16.7 Å². The third-order valence-corrected chi connectivity index (χ3v) is 6.94. The Bertz CT molecular complexity index is 1450. The largest absolute Gasteiger partial charge is 0.419 e. The Morgan fingerprint density at radius 2 is 1.94 bits per heavy atom. The molecule has 3 heterocycles. The Morgan fingerprint density at radius 1 is 1.06 bits per heavy atom. The van der Waals surface area contributed by atoms with Gasteiger partial charge in [-0.2, -0.15) is 0 Å². The lowest BCUT2D eigenvalue weighted by Crippen LogP contribution is -2.13. The van der Waals surface area contributed by atoms with Crippen LogP contribution in [0.25, 0.3) is 22.5 Å². The highest BCUT2D eigenvalue weighted by atomic mass is 32.2. The third-order valence-electron chi connectivity index (χ3n) is 5.56. The van der Waals surface area contributed by atoms with Crippen LogP contribution in [0.4, 0.5) is 5.69 Å². The number of oxazole rings is 1. The zero-order chi connectivity index (χ0) is 21.6. The maximum absolute atomic E-state index is 12.9. The topological polar surface area (TPSA) is 112 Å². The Balaban J connectivity index is 1.47. The highest BCUT2D eigenvalue weighted by molar-refractivity contribution is 7.92. The van der Waals surface area contributed by atoms with Crippen LogP contribution < -0.4 is 10.5 Å². The number of nitrogens with one attached hydrogen (secondary N) is 1. The van der Waals surface area contributed by atoms with E-state index in [2.05, 4.69) is 19.5 Å². The first-order chi connectivity index (χ1) is 14.9. The fourth-order valence-electron chi connectivity index (χ4n) is 3.92. The molecule has 1 aliphatic heterocycles. The predicted molar refractivity (Wildman–Crippen MR) is 115 cm³/mol. The molecule has 31 heavy (non-hydrogen) atoms. The molecule has 0 atom stereocenters. The number of benzene rings is 2. The zero-order valence-electron chi connectivity index (χ0n) is 16.9. The van der Waals surface area contributed by atoms with Crippen molar-refractivity contribution in [2.45, 2.75) is 37.1 Å². The van der Waals surface area contributed by atoms with E-state index in [4.69, 9.17) is 4.42 Å². The summed E-state index contributed by atoms with van der Waals surface area (Å²) in [6.07, 6.45) is 4.23. The maximum atomic E-state index is 12.9. The zero-order valence-corrected chi connectivity index (χ0v) is 17.7. The van der Waals surface area contributed by atoms with Crippen LogP contribution in [-0.2, 0) is 30.0 Å². The minimum absolute atomic E-state index is 0.0103. The molecular formula is C21H21N5O4S. The van der Waals surface area contributed by atoms with Crippen LogP contribution in [0.3, 0.4) is 0 Å². The SMILES string of the molecule is Cn1c(=O)oc2cc(S(=O)(=O)Nc3cccc(-c4nnc5n4CCCCC5)c3)ccc21. The number of nitrogens with zero attached hydrogens (tertiary/aromatic N) is 4. The first kappa shape index (κ1) is 19.6. The quantitative estimate of drug-likeness (QED) is 0.523. The normalized spacial score (nSPS) is 14.4. The van der Waals surface area contributed by atoms with Crippen LogP contribution in [0, 0.1) is 0 Å². The Labute approximate surface area is 178 Å². The molecule has 2 aromatic carbocycles. The van der Waals surface area contributed by atoms with Crippen LogP contribution in [0.15, 0.2) is 56.6 Å². The molecule has 10 heteroatoms. The Kier molecular flexibility index (Phi) is 4.66. The molecule has 0 fully saturated rings. The van der Waals surface area contributed by atoms with Crippen molar-refractivity contribution in [3.05, 3.63) is 58.8 Å². The first-order valence-electron chi connectivity index (χ1n) is 10.1. The van der Waals surface area contributed by atoms with Crippen molar-refractivity contribution < 1.29 is 12.8 Å². The predicted octanol–water partition coefficient (Wildman–Crippen LogP) is 2.92. The monoisotopic (exact) mass is 439 g/mol. The summed E-state index contributed by atoms with van der Waals surface area (Å²) in [6.45, 7) is 0.857. The summed E-state index contributed by atoms with van der Waals surface area (Å²) in [5, 5.41) is 8.66. The van der Waals surface area contributed by atoms with Crippen molar-refractivity contribution in [3.8, 4) is 11.4 Å². The van der Waals surface area contributed by atoms with Gasteiger partial charge in [-0.1, -0.05) is 18.6 Å². The van der Waals surface area contributed by atoms with Gasteiger partial charge in [-0.25, -0.2) is 13.2 Å². The van der Waals surface area contributed by atoms with Crippen LogP contribution in [-0.4, -0.2) is 27.7 Å². The van der Waals surface area contributed by atoms with E-state index in [-0.39, 0.29) is 10.5 Å². The lowest BCUT2D eigenvalue weighted by atomic mass is 10.2. The van der Waals surface area contributed by atoms with Crippen molar-refractivity contribution in [1.82, 2.24) is 19.3 Å². The van der Waals surface area contributed by atoms with Crippen LogP contribution in [0.5, 0.6) is 0 Å². The van der Waals surface area contributed by atoms with Crippen molar-refractivity contribution in [2.75, 3.05) is 4.72 Å². The second-order valence-electron chi connectivity index (χ2n) is 7.64. The van der Waals surface area contributed by atoms with Gasteiger partial charge in [0.1, 0.15) is 5.82 Å². The number of anilines is 1. The van der Waals surface area contributed by atoms with Crippen molar-refractivity contribution >= 4 is 26.8 Å². The van der Waals surface area contributed by atoms with E-state index in [0.717, 1.165) is 49.4 Å². The second kappa shape index (κ2) is 7.38. The molecule has 0 saturated carbocycles. The molecule has 1 aliphatic rings. The van der Waals surface area contributed by atoms with E-state index >= 15 is 0 Å². The van der Waals surface area contributed by atoms with Crippen LogP contribution >= 0.6 is 0 Å². The number of sulfonamides is 1. The molecule has 0 spiro atoms. The fourth-order valence-corrected chi connectivity index (χ4v) is 4.98. The summed E-state index contributed by atoms with van der Waals surface area (Å²) in [6, 6.07) is 11.5. The third kappa shape index (κ3) is 3.52. The van der Waals surface area contributed by atoms with E-state index in [0.29, 0.717) is 11.2 Å². The standard InChI is InChI=1S/C21H21N5O4S/c1-25-17-10-9-16(13-18(17)30-21(25)27)31(28,29)24-15-7-5-6-14(12-15)20-23-22-19-8-3-2-4-11-26(19)20/h5-7,9-10,12-13,24H,2-4,8,11H2,1H3. The molecule has 4 aromatic rings. The molecule has 2 aromatic heterocycles. The summed E-state index contributed by atoms with van der Waals surface area (Å²) in [5.74, 6) is 1.17. The molecule has 5 rings (SSSR count). The van der Waals surface area contributed by atoms with Crippen LogP contribution in [0.1, 0.15) is 25.1 Å². The van der Waals surface area contributed by atoms with E-state index in [1.54, 1.807) is 31.3 Å². The van der Waals surface area contributed by atoms with Crippen molar-refractivity contribution in [3.63, 3.8) is 0 Å². The number of rotatable bonds is 4. The van der Waals surface area contributed by atoms with Gasteiger partial charge in [0.15, 0.2) is 11.4 Å². The number of hydrogen-bond acceptors (Lipinski definition) is 6. The van der Waals surface area contributed by atoms with Gasteiger partial charge in [0.25, 0.3) is 10.0 Å². The number of hydrogen-bond donors (Lipinski definition) is 1. The Hall–Kier alpha value is -3.40. The molecule has 9 nitrogen and oxygen atoms in total. The molecule has 0 aliphatic carbocycles. The Morgan fingerprint density at radius 3 is 2.81 bits per heavy atom. The van der Waals surface area contributed by atoms with Gasteiger partial charge in [0.2, 0.25) is 0 Å². The van der Waals surface area contributed by atoms with Gasteiger partial charge in [-0.15, -0.1) is 10.2 Å². The summed E-state index contributed by atoms with van der Waals surface area (Å²) in [4.78, 5) is 11.7. The average molecular weight is 439 g/mol. The van der Waals surface area contributed by atoms with Gasteiger partial charge in [0, 0.05) is 37.3 Å². The van der Waals surface area contributed by atoms with E-state index in [9.17, 15) is 13.2 Å². The molecule has 0 unspecified atom stereocenters. The van der Waals surface area contributed by atoms with E-state index < -0.39 is 15.8 Å². The first-order valence-corrected chi connectivity index (χ1v) is 11.6. The fraction of sp³-hybridized carbons (Fsp3) is 0.286. The van der Waals surface area contributed by atoms with E-state index in [1.807, 2.05) is 6.07 Å². The highest BCUT2D eigenvalue weighted by Gasteiger charge is 2.19. The smallest absolute Gasteiger partial charge is 0.408 e. The minimum Gasteiger partial charge on any atom is -0.408 e. The number of aromatic nitrogens is 4. The summed E-state index contributed by atoms with van der Waals surface area (Å²) < 4.78 is 37.0. The molecule has 1 N–H and O–H groups in total. The number of fused-ring (bicyclic) bond motifs is 2. The highest BCUT2D eigenvalue weighted by Crippen LogP contribution is 2.26. The molecular weight excluding hydrogens is 418 g/mol. The van der Waals surface area contributed by atoms with Gasteiger partial charge in [0.05, 0.1) is 10.4 Å². The van der Waals surface area contributed by atoms with Gasteiger partial charge < -0.3 is 8.98 Å². The molecule has 0 saturated heterocycles. The number of aryl methyl sites for hydroxylation is 2. The molecule has 0 amide bonds. The van der Waals surface area contributed by atoms with Gasteiger partial charge in [-0.05, 0) is 37.1 Å². The van der Waals surface area contributed by atoms with Gasteiger partial charge >= 0.3 is 5.76 Å². The second-order valence-corrected chi connectivity index (χ2v) is 9.33. The lowest BCUT2D eigenvalue weighted by Gasteiger charge is -2.11. The van der Waals surface area contributed by atoms with Gasteiger partial charge in [-0.3, -0.25) is 9.29 Å². The summed E-state index contributed by atoms with van der Waals surface area (Å²) >= 11 is 0. The maximum Gasteiger partial charge on any atom is 0.419 e. The average Bonchev–Trinajstić information content (AvgIpc) is 3.18. The summed E-state index contributed by atoms with van der Waals surface area (Å²) in [5.41, 5.74) is 1.96. The molecule has 0 radical (unpaired) electrons. The van der Waals surface area contributed by atoms with Crippen molar-refractivity contribution in [2.24, 2.45) is 7.05 Å².